The van der Waals surface area contributed by atoms with Crippen molar-refractivity contribution in [2.75, 3.05) is 27.2 Å². The van der Waals surface area contributed by atoms with E-state index in [0.717, 1.165) is 15.9 Å². The van der Waals surface area contributed by atoms with Crippen molar-refractivity contribution < 1.29 is 16.5 Å². The van der Waals surface area contributed by atoms with Gasteiger partial charge in [0.05, 0.1) is 7.41 Å². The highest BCUT2D eigenvalue weighted by atomic mass is 16.6. The SMILES string of the molecule is [2H]c1c(C([2H])([2H])CN(C)C)c2cc(C[C@H]3COC(=O)N3[2H])ccc2n1[2H]. The molecule has 1 fully saturated rings. The molecule has 0 unspecified atom stereocenters. The number of aromatic amines is 1. The molecule has 2 aromatic rings. The third-order valence-corrected chi connectivity index (χ3v) is 3.35. The van der Waals surface area contributed by atoms with Crippen LogP contribution in [0.3, 0.4) is 0 Å². The van der Waals surface area contributed by atoms with Crippen LogP contribution in [0.2, 0.25) is 2.82 Å². The van der Waals surface area contributed by atoms with E-state index in [9.17, 15) is 4.79 Å². The molecular weight excluding hydrogens is 266 g/mol. The molecule has 5 nitrogen and oxygen atoms in total. The van der Waals surface area contributed by atoms with E-state index in [0.29, 0.717) is 17.3 Å². The number of carbonyl (C=O) groups excluding carboxylic acids is 1. The lowest BCUT2D eigenvalue weighted by atomic mass is 10.0. The minimum Gasteiger partial charge on any atom is -0.447 e. The van der Waals surface area contributed by atoms with E-state index < -0.39 is 18.5 Å². The summed E-state index contributed by atoms with van der Waals surface area (Å²) < 4.78 is 45.6. The highest BCUT2D eigenvalue weighted by molar-refractivity contribution is 5.84. The molecule has 1 amide bonds. The number of H-pyrrole nitrogens is 1. The number of hydrogen-bond donors (Lipinski definition) is 2. The van der Waals surface area contributed by atoms with Gasteiger partial charge < -0.3 is 19.9 Å². The second-order valence-electron chi connectivity index (χ2n) is 5.43. The Morgan fingerprint density at radius 2 is 2.43 bits per heavy atom. The lowest BCUT2D eigenvalue weighted by Crippen LogP contribution is -2.28. The monoisotopic (exact) mass is 292 g/mol. The van der Waals surface area contributed by atoms with Gasteiger partial charge in [-0.15, -0.1) is 0 Å². The van der Waals surface area contributed by atoms with Crippen molar-refractivity contribution in [2.24, 2.45) is 0 Å². The molecule has 1 aliphatic heterocycles. The zero-order valence-electron chi connectivity index (χ0n) is 17.1. The van der Waals surface area contributed by atoms with Gasteiger partial charge in [0.1, 0.15) is 6.61 Å². The number of fused-ring (bicyclic) bond motifs is 1. The van der Waals surface area contributed by atoms with E-state index in [2.05, 4.69) is 0 Å². The van der Waals surface area contributed by atoms with Gasteiger partial charge in [-0.2, -0.15) is 0 Å². The van der Waals surface area contributed by atoms with Crippen LogP contribution < -0.4 is 5.31 Å². The Labute approximate surface area is 131 Å². The average Bonchev–Trinajstić information content (AvgIpc) is 2.98. The number of cyclic esters (lactones) is 1. The van der Waals surface area contributed by atoms with Gasteiger partial charge in [-0.3, -0.25) is 0 Å². The molecule has 1 aromatic heterocycles. The third-order valence-electron chi connectivity index (χ3n) is 3.35. The third kappa shape index (κ3) is 3.19. The number of carbonyl (C=O) groups is 1. The Bertz CT molecular complexity index is 852. The van der Waals surface area contributed by atoms with Gasteiger partial charge in [0.2, 0.25) is 0 Å². The van der Waals surface area contributed by atoms with Crippen LogP contribution in [0.25, 0.3) is 10.9 Å². The van der Waals surface area contributed by atoms with Gasteiger partial charge in [0.15, 0.2) is 2.82 Å². The zero-order valence-corrected chi connectivity index (χ0v) is 12.1. The summed E-state index contributed by atoms with van der Waals surface area (Å²) in [6.07, 6.45) is -2.26. The molecule has 0 saturated carbocycles. The zero-order chi connectivity index (χ0) is 19.2. The average molecular weight is 292 g/mol. The van der Waals surface area contributed by atoms with Gasteiger partial charge >= 0.3 is 6.09 Å². The van der Waals surface area contributed by atoms with E-state index in [1.54, 1.807) is 37.2 Å². The fourth-order valence-electron chi connectivity index (χ4n) is 2.32. The van der Waals surface area contributed by atoms with Gasteiger partial charge in [-0.1, -0.05) is 6.07 Å². The molecule has 1 aromatic carbocycles. The van der Waals surface area contributed by atoms with Crippen LogP contribution >= 0.6 is 0 Å². The molecule has 0 aliphatic carbocycles. The summed E-state index contributed by atoms with van der Waals surface area (Å²) in [6, 6.07) is 4.79. The first-order valence-corrected chi connectivity index (χ1v) is 6.85. The first-order valence-electron chi connectivity index (χ1n) is 9.24. The summed E-state index contributed by atoms with van der Waals surface area (Å²) in [5, 5.41) is 1.32. The van der Waals surface area contributed by atoms with Crippen molar-refractivity contribution in [3.63, 3.8) is 0 Å². The van der Waals surface area contributed by atoms with Crippen molar-refractivity contribution in [3.8, 4) is 0 Å². The predicted molar refractivity (Wildman–Crippen MR) is 82.5 cm³/mol. The van der Waals surface area contributed by atoms with Gasteiger partial charge in [0.25, 0.3) is 0 Å². The van der Waals surface area contributed by atoms with Crippen LogP contribution in [0.15, 0.2) is 24.4 Å². The minimum atomic E-state index is -1.79. The largest absolute Gasteiger partial charge is 0.447 e. The first kappa shape index (κ1) is 9.10. The Kier molecular flexibility index (Phi) is 2.50. The molecule has 2 heterocycles. The molecule has 21 heavy (non-hydrogen) atoms. The molecule has 112 valence electrons. The molecule has 0 bridgehead atoms. The molecular formula is C16H21N3O2. The number of aromatic nitrogens is 1. The van der Waals surface area contributed by atoms with E-state index in [1.807, 2.05) is 0 Å². The summed E-state index contributed by atoms with van der Waals surface area (Å²) in [6.45, 7) is 0.228. The second kappa shape index (κ2) is 5.77. The molecule has 5 heteroatoms. The van der Waals surface area contributed by atoms with E-state index in [1.165, 1.54) is 0 Å². The van der Waals surface area contributed by atoms with Crippen LogP contribution in [0.5, 0.6) is 0 Å². The normalized spacial score (nSPS) is 22.8. The predicted octanol–water partition coefficient (Wildman–Crippen LogP) is 1.92. The Hall–Kier alpha value is -2.01. The fraction of sp³-hybridized carbons (Fsp3) is 0.438. The molecule has 0 radical (unpaired) electrons. The first-order chi connectivity index (χ1) is 12.1. The summed E-state index contributed by atoms with van der Waals surface area (Å²) in [5.41, 5.74) is 1.43. The number of hydrogen-bond acceptors (Lipinski definition) is 3. The maximum atomic E-state index is 11.3. The van der Waals surface area contributed by atoms with E-state index >= 15 is 0 Å². The number of rotatable bonds is 5. The van der Waals surface area contributed by atoms with Gasteiger partial charge in [-0.25, -0.2) is 4.79 Å². The number of nitrogens with zero attached hydrogens (tertiary/aromatic N) is 1. The Morgan fingerprint density at radius 1 is 1.57 bits per heavy atom. The molecule has 3 rings (SSSR count). The summed E-state index contributed by atoms with van der Waals surface area (Å²) in [7, 11) is 3.51. The number of alkyl carbamates (subject to hydrolysis) is 1. The van der Waals surface area contributed by atoms with E-state index in [-0.39, 0.29) is 24.9 Å². The number of likely N-dealkylation sites (N-methyl/N-ethyl adjacent to an activating group) is 1. The summed E-state index contributed by atoms with van der Waals surface area (Å²) >= 11 is 0. The number of ether oxygens (including phenoxy) is 1. The van der Waals surface area contributed by atoms with E-state index in [4.69, 9.17) is 11.7 Å². The van der Waals surface area contributed by atoms with Crippen LogP contribution in [0.1, 0.15) is 15.2 Å². The van der Waals surface area contributed by atoms with Crippen molar-refractivity contribution in [1.29, 1.82) is 0 Å². The lowest BCUT2D eigenvalue weighted by Gasteiger charge is -2.09. The highest BCUT2D eigenvalue weighted by Crippen LogP contribution is 2.21. The molecule has 1 saturated heterocycles. The molecule has 1 atom stereocenters. The summed E-state index contributed by atoms with van der Waals surface area (Å²) in [4.78, 5) is 14.0. The number of nitrogens with one attached hydrogen (secondary N) is 2. The smallest absolute Gasteiger partial charge is 0.407 e. The van der Waals surface area contributed by atoms with Crippen molar-refractivity contribution in [2.45, 2.75) is 18.8 Å². The van der Waals surface area contributed by atoms with Crippen LogP contribution in [0, 0.1) is 0 Å². The van der Waals surface area contributed by atoms with Crippen molar-refractivity contribution in [3.05, 3.63) is 35.5 Å². The maximum Gasteiger partial charge on any atom is 0.407 e. The second-order valence-corrected chi connectivity index (χ2v) is 5.43. The Balaban J connectivity index is 2.03. The quantitative estimate of drug-likeness (QED) is 0.885. The maximum absolute atomic E-state index is 11.3. The van der Waals surface area contributed by atoms with Crippen LogP contribution in [-0.2, 0) is 17.5 Å². The highest BCUT2D eigenvalue weighted by Gasteiger charge is 2.22. The molecule has 0 spiro atoms. The standard InChI is InChI=1S/C16H21N3O2/c1-19(2)6-5-12-9-17-15-4-3-11(8-14(12)15)7-13-10-21-16(20)18-13/h3-4,8-9,13,17H,5-7,10H2,1-2H3,(H,18,20)/t13-/m0/s1/i5D2,9D/hD2. The molecule has 2 N–H and O–H groups in total. The van der Waals surface area contributed by atoms with Crippen molar-refractivity contribution in [1.82, 2.24) is 15.2 Å². The fourth-order valence-corrected chi connectivity index (χ4v) is 2.32. The molecule has 1 aliphatic rings. The number of benzene rings is 1. The van der Waals surface area contributed by atoms with Crippen molar-refractivity contribution >= 4 is 17.0 Å². The van der Waals surface area contributed by atoms with Crippen LogP contribution in [0.4, 0.5) is 4.79 Å². The van der Waals surface area contributed by atoms with Gasteiger partial charge in [0, 0.05) is 26.4 Å². The van der Waals surface area contributed by atoms with Gasteiger partial charge in [-0.05, 0) is 50.1 Å². The Morgan fingerprint density at radius 3 is 3.14 bits per heavy atom. The minimum absolute atomic E-state index is 0.0910. The topological polar surface area (TPSA) is 57.4 Å². The summed E-state index contributed by atoms with van der Waals surface area (Å²) in [5.74, 6) is 0. The lowest BCUT2D eigenvalue weighted by molar-refractivity contribution is 0.177. The number of amides is 1. The van der Waals surface area contributed by atoms with Crippen LogP contribution in [-0.4, -0.2) is 49.3 Å².